The van der Waals surface area contributed by atoms with E-state index in [9.17, 15) is 4.79 Å². The summed E-state index contributed by atoms with van der Waals surface area (Å²) in [6.07, 6.45) is 1.58. The van der Waals surface area contributed by atoms with E-state index in [0.717, 1.165) is 22.8 Å². The molecule has 0 spiro atoms. The summed E-state index contributed by atoms with van der Waals surface area (Å²) >= 11 is 0. The number of aromatic nitrogens is 1. The van der Waals surface area contributed by atoms with Gasteiger partial charge in [0.1, 0.15) is 17.2 Å². The largest absolute Gasteiger partial charge is 0.466 e. The lowest BCUT2D eigenvalue weighted by Gasteiger charge is -2.14. The summed E-state index contributed by atoms with van der Waals surface area (Å²) in [6.45, 7) is 5.90. The Morgan fingerprint density at radius 3 is 2.75 bits per heavy atom. The van der Waals surface area contributed by atoms with Crippen molar-refractivity contribution >= 4 is 11.7 Å². The molecule has 2 rings (SSSR count). The molecular weight excluding hydrogens is 256 g/mol. The molecule has 1 N–H and O–H groups in total. The summed E-state index contributed by atoms with van der Waals surface area (Å²) in [5, 5.41) is 3.32. The first-order valence-corrected chi connectivity index (χ1v) is 6.39. The van der Waals surface area contributed by atoms with E-state index in [1.165, 1.54) is 7.11 Å². The molecule has 0 amide bonds. The van der Waals surface area contributed by atoms with E-state index >= 15 is 0 Å². The van der Waals surface area contributed by atoms with Crippen LogP contribution in [0.4, 0.5) is 5.69 Å². The first-order valence-electron chi connectivity index (χ1n) is 6.39. The number of nitrogens with zero attached hydrogens (tertiary/aromatic N) is 1. The van der Waals surface area contributed by atoms with Gasteiger partial charge in [0.15, 0.2) is 0 Å². The number of esters is 1. The molecule has 0 radical (unpaired) electrons. The van der Waals surface area contributed by atoms with Crippen LogP contribution in [-0.2, 0) is 4.74 Å². The molecule has 106 valence electrons. The maximum atomic E-state index is 11.5. The van der Waals surface area contributed by atoms with Gasteiger partial charge in [0.05, 0.1) is 13.2 Å². The lowest BCUT2D eigenvalue weighted by molar-refractivity contribution is 0.0594. The van der Waals surface area contributed by atoms with Crippen LogP contribution in [0, 0.1) is 13.8 Å². The molecule has 2 aromatic heterocycles. The lowest BCUT2D eigenvalue weighted by Crippen LogP contribution is -2.09. The van der Waals surface area contributed by atoms with Crippen molar-refractivity contribution in [3.8, 4) is 0 Å². The Bertz CT molecular complexity index is 619. The summed E-state index contributed by atoms with van der Waals surface area (Å²) in [5.41, 5.74) is 2.19. The molecule has 5 heteroatoms. The molecule has 2 heterocycles. The normalized spacial score (nSPS) is 12.0. The van der Waals surface area contributed by atoms with E-state index in [1.807, 2.05) is 32.9 Å². The molecule has 20 heavy (non-hydrogen) atoms. The minimum Gasteiger partial charge on any atom is -0.466 e. The molecule has 2 aromatic rings. The summed E-state index contributed by atoms with van der Waals surface area (Å²) in [7, 11) is 1.34. The van der Waals surface area contributed by atoms with Gasteiger partial charge in [-0.15, -0.1) is 0 Å². The number of rotatable bonds is 4. The lowest BCUT2D eigenvalue weighted by atomic mass is 10.1. The highest BCUT2D eigenvalue weighted by atomic mass is 16.5. The predicted molar refractivity (Wildman–Crippen MR) is 75.8 cm³/mol. The fraction of sp³-hybridized carbons (Fsp3) is 0.333. The van der Waals surface area contributed by atoms with Crippen LogP contribution in [0.15, 0.2) is 28.8 Å². The van der Waals surface area contributed by atoms with Crippen molar-refractivity contribution in [1.29, 1.82) is 0 Å². The summed E-state index contributed by atoms with van der Waals surface area (Å²) in [4.78, 5) is 15.4. The molecule has 1 unspecified atom stereocenters. The monoisotopic (exact) mass is 274 g/mol. The van der Waals surface area contributed by atoms with Gasteiger partial charge in [-0.3, -0.25) is 0 Å². The second kappa shape index (κ2) is 5.77. The quantitative estimate of drug-likeness (QED) is 0.867. The second-order valence-electron chi connectivity index (χ2n) is 4.66. The highest BCUT2D eigenvalue weighted by Gasteiger charge is 2.14. The van der Waals surface area contributed by atoms with Crippen LogP contribution in [0.1, 0.15) is 40.5 Å². The van der Waals surface area contributed by atoms with Gasteiger partial charge in [-0.2, -0.15) is 0 Å². The van der Waals surface area contributed by atoms with Crippen LogP contribution in [0.3, 0.4) is 0 Å². The molecule has 0 bridgehead atoms. The average Bonchev–Trinajstić information content (AvgIpc) is 2.77. The molecule has 0 fully saturated rings. The van der Waals surface area contributed by atoms with Gasteiger partial charge in [0.2, 0.25) is 0 Å². The van der Waals surface area contributed by atoms with Crippen molar-refractivity contribution in [2.24, 2.45) is 0 Å². The molecule has 1 atom stereocenters. The molecule has 0 aromatic carbocycles. The second-order valence-corrected chi connectivity index (χ2v) is 4.66. The van der Waals surface area contributed by atoms with Gasteiger partial charge in [0.25, 0.3) is 0 Å². The summed E-state index contributed by atoms with van der Waals surface area (Å²) < 4.78 is 10.2. The Kier molecular flexibility index (Phi) is 4.08. The first kappa shape index (κ1) is 14.1. The van der Waals surface area contributed by atoms with Crippen LogP contribution in [0.2, 0.25) is 0 Å². The summed E-state index contributed by atoms with van der Waals surface area (Å²) in [6, 6.07) is 5.56. The van der Waals surface area contributed by atoms with E-state index in [-0.39, 0.29) is 11.7 Å². The fourth-order valence-corrected chi connectivity index (χ4v) is 2.14. The van der Waals surface area contributed by atoms with E-state index in [4.69, 9.17) is 4.42 Å². The average molecular weight is 274 g/mol. The van der Waals surface area contributed by atoms with Gasteiger partial charge in [-0.25, -0.2) is 9.78 Å². The van der Waals surface area contributed by atoms with Crippen LogP contribution in [0.25, 0.3) is 0 Å². The third kappa shape index (κ3) is 2.99. The van der Waals surface area contributed by atoms with E-state index < -0.39 is 5.97 Å². The fourth-order valence-electron chi connectivity index (χ4n) is 2.14. The molecule has 0 aliphatic heterocycles. The van der Waals surface area contributed by atoms with Crippen molar-refractivity contribution in [2.75, 3.05) is 12.4 Å². The molecule has 0 aliphatic rings. The Labute approximate surface area is 118 Å². The maximum Gasteiger partial charge on any atom is 0.356 e. The number of methoxy groups -OCH3 is 1. The van der Waals surface area contributed by atoms with Crippen LogP contribution >= 0.6 is 0 Å². The number of furan rings is 1. The molecule has 0 saturated carbocycles. The van der Waals surface area contributed by atoms with Gasteiger partial charge in [0, 0.05) is 17.4 Å². The van der Waals surface area contributed by atoms with Crippen molar-refractivity contribution < 1.29 is 13.9 Å². The van der Waals surface area contributed by atoms with E-state index in [2.05, 4.69) is 15.0 Å². The topological polar surface area (TPSA) is 64.4 Å². The number of anilines is 1. The molecule has 0 saturated heterocycles. The number of nitrogens with one attached hydrogen (secondary N) is 1. The number of ether oxygens (including phenoxy) is 1. The van der Waals surface area contributed by atoms with Gasteiger partial charge in [-0.1, -0.05) is 0 Å². The SMILES string of the molecule is COC(=O)c1cc(NC(C)c2cc(C)oc2C)ccn1. The van der Waals surface area contributed by atoms with Crippen LogP contribution in [0.5, 0.6) is 0 Å². The number of pyridine rings is 1. The number of carbonyl (C=O) groups excluding carboxylic acids is 1. The Morgan fingerprint density at radius 2 is 2.15 bits per heavy atom. The number of aryl methyl sites for hydroxylation is 2. The number of hydrogen-bond acceptors (Lipinski definition) is 5. The van der Waals surface area contributed by atoms with Crippen LogP contribution < -0.4 is 5.32 Å². The predicted octanol–water partition coefficient (Wildman–Crippen LogP) is 3.25. The summed E-state index contributed by atoms with van der Waals surface area (Å²) in [5.74, 6) is 1.33. The third-order valence-corrected chi connectivity index (χ3v) is 3.08. The first-order chi connectivity index (χ1) is 9.51. The number of hydrogen-bond donors (Lipinski definition) is 1. The van der Waals surface area contributed by atoms with E-state index in [0.29, 0.717) is 0 Å². The zero-order valence-corrected chi connectivity index (χ0v) is 12.1. The van der Waals surface area contributed by atoms with Crippen molar-refractivity contribution in [1.82, 2.24) is 4.98 Å². The number of carbonyl (C=O) groups is 1. The minimum absolute atomic E-state index is 0.0698. The van der Waals surface area contributed by atoms with Crippen LogP contribution in [-0.4, -0.2) is 18.1 Å². The zero-order chi connectivity index (χ0) is 14.7. The third-order valence-electron chi connectivity index (χ3n) is 3.08. The standard InChI is InChI=1S/C15H18N2O3/c1-9-7-13(11(3)20-9)10(2)17-12-5-6-16-14(8-12)15(18)19-4/h5-8,10H,1-4H3,(H,16,17). The van der Waals surface area contributed by atoms with E-state index in [1.54, 1.807) is 12.3 Å². The highest BCUT2D eigenvalue weighted by molar-refractivity contribution is 5.88. The van der Waals surface area contributed by atoms with Crippen molar-refractivity contribution in [3.05, 3.63) is 47.2 Å². The van der Waals surface area contributed by atoms with Crippen molar-refractivity contribution in [2.45, 2.75) is 26.8 Å². The highest BCUT2D eigenvalue weighted by Crippen LogP contribution is 2.24. The minimum atomic E-state index is -0.448. The van der Waals surface area contributed by atoms with Gasteiger partial charge < -0.3 is 14.5 Å². The van der Waals surface area contributed by atoms with Gasteiger partial charge >= 0.3 is 5.97 Å². The van der Waals surface area contributed by atoms with Crippen molar-refractivity contribution in [3.63, 3.8) is 0 Å². The maximum absolute atomic E-state index is 11.5. The molecule has 5 nitrogen and oxygen atoms in total. The zero-order valence-electron chi connectivity index (χ0n) is 12.1. The Balaban J connectivity index is 2.17. The Hall–Kier alpha value is -2.30. The Morgan fingerprint density at radius 1 is 1.40 bits per heavy atom. The molecular formula is C15H18N2O3. The molecule has 0 aliphatic carbocycles. The van der Waals surface area contributed by atoms with Gasteiger partial charge in [-0.05, 0) is 39.0 Å². The smallest absolute Gasteiger partial charge is 0.356 e.